The Kier molecular flexibility index (Phi) is 17.2. The summed E-state index contributed by atoms with van der Waals surface area (Å²) in [6, 6.07) is 12.4. The van der Waals surface area contributed by atoms with Gasteiger partial charge in [-0.05, 0) is 48.3 Å². The highest BCUT2D eigenvalue weighted by molar-refractivity contribution is 8.18. The first-order chi connectivity index (χ1) is 27.2. The van der Waals surface area contributed by atoms with Crippen LogP contribution >= 0.6 is 23.5 Å². The molecule has 17 heteroatoms. The van der Waals surface area contributed by atoms with Crippen molar-refractivity contribution in [2.45, 2.75) is 94.3 Å². The molecule has 5 unspecified atom stereocenters. The Hall–Kier alpha value is -4.61. The van der Waals surface area contributed by atoms with Gasteiger partial charge in [-0.15, -0.1) is 23.5 Å². The van der Waals surface area contributed by atoms with Gasteiger partial charge < -0.3 is 40.7 Å². The van der Waals surface area contributed by atoms with E-state index in [4.69, 9.17) is 9.47 Å². The summed E-state index contributed by atoms with van der Waals surface area (Å²) >= 11 is 3.32. The van der Waals surface area contributed by atoms with Crippen LogP contribution in [0.1, 0.15) is 70.5 Å². The lowest BCUT2D eigenvalue weighted by Crippen LogP contribution is -2.59. The van der Waals surface area contributed by atoms with E-state index in [1.54, 1.807) is 55.6 Å². The van der Waals surface area contributed by atoms with Gasteiger partial charge in [-0.3, -0.25) is 24.0 Å². The number of alkyl carbamates (subject to hydrolysis) is 1. The number of rotatable bonds is 19. The zero-order chi connectivity index (χ0) is 41.5. The first-order valence-corrected chi connectivity index (χ1v) is 21.1. The molecular formula is C40H53N5O10S2. The first-order valence-electron chi connectivity index (χ1n) is 19.1. The molecule has 310 valence electrons. The van der Waals surface area contributed by atoms with Crippen LogP contribution in [0, 0.1) is 5.92 Å². The summed E-state index contributed by atoms with van der Waals surface area (Å²) in [6.07, 6.45) is 0.0676. The number of nitrogens with zero attached hydrogens (tertiary/aromatic N) is 1. The van der Waals surface area contributed by atoms with E-state index in [-0.39, 0.29) is 38.5 Å². The highest BCUT2D eigenvalue weighted by atomic mass is 32.2. The van der Waals surface area contributed by atoms with Gasteiger partial charge in [0.1, 0.15) is 12.1 Å². The van der Waals surface area contributed by atoms with Crippen molar-refractivity contribution in [1.82, 2.24) is 26.2 Å². The van der Waals surface area contributed by atoms with Gasteiger partial charge in [0.15, 0.2) is 6.04 Å². The number of carbonyl (C=O) groups excluding carboxylic acids is 6. The van der Waals surface area contributed by atoms with Gasteiger partial charge in [-0.25, -0.2) is 9.59 Å². The zero-order valence-electron chi connectivity index (χ0n) is 32.7. The molecule has 2 aliphatic heterocycles. The molecule has 5 amide bonds. The fraction of sp³-hybridized carbons (Fsp3) is 0.525. The second kappa shape index (κ2) is 21.8. The third-order valence-corrected chi connectivity index (χ3v) is 12.7. The van der Waals surface area contributed by atoms with Crippen LogP contribution in [0.3, 0.4) is 0 Å². The van der Waals surface area contributed by atoms with Crippen molar-refractivity contribution >= 4 is 65.0 Å². The third kappa shape index (κ3) is 13.2. The largest absolute Gasteiger partial charge is 0.479 e. The number of carboxylic acid groups (broad SMARTS) is 1. The molecule has 0 radical (unpaired) electrons. The number of hydrogen-bond acceptors (Lipinski definition) is 11. The van der Waals surface area contributed by atoms with Crippen LogP contribution in [0.5, 0.6) is 0 Å². The maximum absolute atomic E-state index is 14.6. The number of Topliss-reactive ketones (excluding diaryl/α,β-unsaturated/α-hetero) is 1. The minimum Gasteiger partial charge on any atom is -0.479 e. The third-order valence-electron chi connectivity index (χ3n) is 9.34. The Morgan fingerprint density at radius 1 is 0.912 bits per heavy atom. The number of ketones is 1. The van der Waals surface area contributed by atoms with Gasteiger partial charge in [-0.2, -0.15) is 0 Å². The van der Waals surface area contributed by atoms with Crippen LogP contribution < -0.4 is 21.3 Å². The quantitative estimate of drug-likeness (QED) is 0.129. The molecule has 2 saturated heterocycles. The molecule has 15 nitrogen and oxygen atoms in total. The standard InChI is InChI=1S/C40H53N5O10S2/c1-5-13-29(34(47)36(49)41-21-31(46)43-33(38(51)52)28-16-10-7-11-17-28)42-35(48)30-20-40(56-18-12-19-57-40)24-45(30)37(50)32(44-39(53)55-22-25(2)3)26(4)54-23-27-14-8-6-9-15-27/h6-11,14-17,25-26,29-30,32-33H,5,12-13,18-24H2,1-4H3,(H,41,49)(H,42,48)(H,43,46)(H,44,53)(H,51,52). The molecule has 2 aromatic rings. The topological polar surface area (TPSA) is 210 Å². The van der Waals surface area contributed by atoms with E-state index in [0.29, 0.717) is 12.0 Å². The maximum atomic E-state index is 14.6. The second-order valence-electron chi connectivity index (χ2n) is 14.4. The van der Waals surface area contributed by atoms with Gasteiger partial charge in [0.25, 0.3) is 5.91 Å². The number of carbonyl (C=O) groups is 7. The number of carboxylic acids is 1. The van der Waals surface area contributed by atoms with Crippen molar-refractivity contribution in [1.29, 1.82) is 0 Å². The lowest BCUT2D eigenvalue weighted by molar-refractivity contribution is -0.145. The monoisotopic (exact) mass is 827 g/mol. The summed E-state index contributed by atoms with van der Waals surface area (Å²) < 4.78 is 11.0. The molecular weight excluding hydrogens is 775 g/mol. The summed E-state index contributed by atoms with van der Waals surface area (Å²) in [4.78, 5) is 94.2. The van der Waals surface area contributed by atoms with Crippen LogP contribution in [0.2, 0.25) is 0 Å². The van der Waals surface area contributed by atoms with E-state index in [9.17, 15) is 38.7 Å². The minimum absolute atomic E-state index is 0.0467. The molecule has 0 bridgehead atoms. The molecule has 1 spiro atoms. The van der Waals surface area contributed by atoms with Crippen LogP contribution in [-0.2, 0) is 44.8 Å². The summed E-state index contributed by atoms with van der Waals surface area (Å²) in [7, 11) is 0. The van der Waals surface area contributed by atoms with Gasteiger partial charge >= 0.3 is 12.1 Å². The van der Waals surface area contributed by atoms with Gasteiger partial charge in [0, 0.05) is 13.0 Å². The summed E-state index contributed by atoms with van der Waals surface area (Å²) in [5.41, 5.74) is 1.18. The fourth-order valence-electron chi connectivity index (χ4n) is 6.38. The van der Waals surface area contributed by atoms with E-state index in [2.05, 4.69) is 21.3 Å². The van der Waals surface area contributed by atoms with Crippen molar-refractivity contribution < 1.29 is 48.1 Å². The fourth-order valence-corrected chi connectivity index (χ4v) is 9.72. The average molecular weight is 828 g/mol. The molecule has 2 fully saturated rings. The van der Waals surface area contributed by atoms with Crippen LogP contribution in [0.4, 0.5) is 4.79 Å². The first kappa shape index (κ1) is 45.1. The molecule has 2 heterocycles. The highest BCUT2D eigenvalue weighted by Gasteiger charge is 2.52. The predicted molar refractivity (Wildman–Crippen MR) is 216 cm³/mol. The van der Waals surface area contributed by atoms with E-state index >= 15 is 0 Å². The van der Waals surface area contributed by atoms with E-state index < -0.39 is 82.4 Å². The minimum atomic E-state index is -1.38. The number of nitrogens with one attached hydrogen (secondary N) is 4. The molecule has 2 aliphatic rings. The van der Waals surface area contributed by atoms with Crippen LogP contribution in [0.25, 0.3) is 0 Å². The Balaban J connectivity index is 1.50. The summed E-state index contributed by atoms with van der Waals surface area (Å²) in [6.45, 7) is 6.99. The van der Waals surface area contributed by atoms with Crippen molar-refractivity contribution in [2.24, 2.45) is 5.92 Å². The number of aliphatic carboxylic acids is 1. The highest BCUT2D eigenvalue weighted by Crippen LogP contribution is 2.50. The van der Waals surface area contributed by atoms with Crippen molar-refractivity contribution in [3.05, 3.63) is 71.8 Å². The molecule has 5 N–H and O–H groups in total. The molecule has 57 heavy (non-hydrogen) atoms. The maximum Gasteiger partial charge on any atom is 0.407 e. The van der Waals surface area contributed by atoms with Crippen molar-refractivity contribution in [3.63, 3.8) is 0 Å². The van der Waals surface area contributed by atoms with Crippen LogP contribution in [0.15, 0.2) is 60.7 Å². The van der Waals surface area contributed by atoms with Crippen LogP contribution in [-0.4, -0.2) is 111 Å². The number of thioether (sulfide) groups is 2. The Labute approximate surface area is 341 Å². The lowest BCUT2D eigenvalue weighted by atomic mass is 10.0. The number of likely N-dealkylation sites (tertiary alicyclic amines) is 1. The van der Waals surface area contributed by atoms with Gasteiger partial charge in [0.2, 0.25) is 23.5 Å². The molecule has 0 saturated carbocycles. The Morgan fingerprint density at radius 2 is 1.56 bits per heavy atom. The van der Waals surface area contributed by atoms with E-state index in [1.807, 2.05) is 44.2 Å². The van der Waals surface area contributed by atoms with E-state index in [0.717, 1.165) is 23.5 Å². The number of benzene rings is 2. The van der Waals surface area contributed by atoms with E-state index in [1.165, 1.54) is 17.0 Å². The number of hydrogen-bond donors (Lipinski definition) is 5. The summed E-state index contributed by atoms with van der Waals surface area (Å²) in [5.74, 6) is -3.79. The van der Waals surface area contributed by atoms with Gasteiger partial charge in [-0.1, -0.05) is 87.9 Å². The lowest BCUT2D eigenvalue weighted by Gasteiger charge is -2.33. The second-order valence-corrected chi connectivity index (χ2v) is 17.6. The Bertz CT molecular complexity index is 1710. The van der Waals surface area contributed by atoms with Crippen molar-refractivity contribution in [3.8, 4) is 0 Å². The van der Waals surface area contributed by atoms with Gasteiger partial charge in [0.05, 0.1) is 36.0 Å². The SMILES string of the molecule is CCCC(NC(=O)C1CC2(CN1C(=O)C(NC(=O)OCC(C)C)C(C)OCc1ccccc1)SCCCS2)C(=O)C(=O)NCC(=O)NC(C(=O)O)c1ccccc1. The van der Waals surface area contributed by atoms with Crippen molar-refractivity contribution in [2.75, 3.05) is 31.2 Å². The molecule has 5 atom stereocenters. The molecule has 2 aromatic carbocycles. The number of ether oxygens (including phenoxy) is 2. The normalized spacial score (nSPS) is 18.1. The average Bonchev–Trinajstić information content (AvgIpc) is 3.57. The summed E-state index contributed by atoms with van der Waals surface area (Å²) in [5, 5.41) is 19.6. The smallest absolute Gasteiger partial charge is 0.407 e. The Morgan fingerprint density at radius 3 is 2.18 bits per heavy atom. The number of amides is 5. The molecule has 0 aliphatic carbocycles. The zero-order valence-corrected chi connectivity index (χ0v) is 34.3. The molecule has 0 aromatic heterocycles. The molecule has 4 rings (SSSR count). The predicted octanol–water partition coefficient (Wildman–Crippen LogP) is 3.42.